The van der Waals surface area contributed by atoms with E-state index in [4.69, 9.17) is 0 Å². The molecular formula is C12H16. The largest absolute Gasteiger partial charge is 0.103 e. The van der Waals surface area contributed by atoms with E-state index < -0.39 is 0 Å². The fourth-order valence-corrected chi connectivity index (χ4v) is 1.29. The van der Waals surface area contributed by atoms with Gasteiger partial charge in [0.05, 0.1) is 0 Å². The summed E-state index contributed by atoms with van der Waals surface area (Å²) in [5, 5.41) is 0. The molecule has 0 aromatic rings. The highest BCUT2D eigenvalue weighted by atomic mass is 14.4. The molecule has 0 amide bonds. The molecule has 0 aromatic heterocycles. The number of rotatable bonds is 5. The fourth-order valence-electron chi connectivity index (χ4n) is 1.29. The Labute approximate surface area is 75.0 Å². The van der Waals surface area contributed by atoms with Crippen LogP contribution in [0.2, 0.25) is 0 Å². The number of hydrogen-bond donors (Lipinski definition) is 0. The van der Waals surface area contributed by atoms with Gasteiger partial charge < -0.3 is 0 Å². The van der Waals surface area contributed by atoms with Gasteiger partial charge in [0.15, 0.2) is 0 Å². The van der Waals surface area contributed by atoms with Crippen LogP contribution in [0.25, 0.3) is 0 Å². The fraction of sp³-hybridized carbons (Fsp3) is 0.333. The zero-order chi connectivity index (χ0) is 8.86. The Morgan fingerprint density at radius 3 is 2.33 bits per heavy atom. The molecule has 1 saturated carbocycles. The highest BCUT2D eigenvalue weighted by Crippen LogP contribution is 2.50. The molecule has 12 heavy (non-hydrogen) atoms. The summed E-state index contributed by atoms with van der Waals surface area (Å²) in [5.74, 6) is 0. The Hall–Kier alpha value is -1.04. The molecule has 0 heteroatoms. The van der Waals surface area contributed by atoms with Crippen molar-refractivity contribution in [3.63, 3.8) is 0 Å². The predicted octanol–water partition coefficient (Wildman–Crippen LogP) is 3.64. The van der Waals surface area contributed by atoms with Crippen LogP contribution in [0.4, 0.5) is 0 Å². The van der Waals surface area contributed by atoms with E-state index in [0.29, 0.717) is 5.41 Å². The summed E-state index contributed by atoms with van der Waals surface area (Å²) in [6, 6.07) is 0. The predicted molar refractivity (Wildman–Crippen MR) is 55.0 cm³/mol. The van der Waals surface area contributed by atoms with E-state index in [1.165, 1.54) is 12.8 Å². The van der Waals surface area contributed by atoms with Crippen LogP contribution >= 0.6 is 0 Å². The van der Waals surface area contributed by atoms with Gasteiger partial charge in [-0.2, -0.15) is 0 Å². The maximum atomic E-state index is 3.76. The van der Waals surface area contributed by atoms with Crippen LogP contribution in [0.3, 0.4) is 0 Å². The molecule has 1 aliphatic carbocycles. The molecule has 0 bridgehead atoms. The molecule has 0 atom stereocenters. The molecular weight excluding hydrogens is 144 g/mol. The quantitative estimate of drug-likeness (QED) is 0.425. The summed E-state index contributed by atoms with van der Waals surface area (Å²) in [4.78, 5) is 0. The van der Waals surface area contributed by atoms with Crippen molar-refractivity contribution < 1.29 is 0 Å². The summed E-state index contributed by atoms with van der Waals surface area (Å²) in [6.45, 7) is 7.37. The van der Waals surface area contributed by atoms with E-state index in [2.05, 4.69) is 25.3 Å². The van der Waals surface area contributed by atoms with Crippen molar-refractivity contribution in [1.82, 2.24) is 0 Å². The monoisotopic (exact) mass is 160 g/mol. The van der Waals surface area contributed by atoms with Crippen molar-refractivity contribution in [2.45, 2.75) is 19.3 Å². The first-order valence-electron chi connectivity index (χ1n) is 4.41. The van der Waals surface area contributed by atoms with Gasteiger partial charge in [0.2, 0.25) is 0 Å². The van der Waals surface area contributed by atoms with Crippen molar-refractivity contribution in [2.75, 3.05) is 0 Å². The zero-order valence-electron chi connectivity index (χ0n) is 7.50. The molecule has 0 unspecified atom stereocenters. The Balaban J connectivity index is 2.38. The smallest absolute Gasteiger partial charge is 0.00801 e. The van der Waals surface area contributed by atoms with E-state index in [1.807, 2.05) is 18.2 Å². The second-order valence-corrected chi connectivity index (χ2v) is 3.33. The van der Waals surface area contributed by atoms with Crippen molar-refractivity contribution >= 4 is 0 Å². The second-order valence-electron chi connectivity index (χ2n) is 3.33. The normalized spacial score (nSPS) is 20.0. The molecule has 0 heterocycles. The molecule has 0 aromatic carbocycles. The van der Waals surface area contributed by atoms with Crippen molar-refractivity contribution in [1.29, 1.82) is 0 Å². The van der Waals surface area contributed by atoms with E-state index in [-0.39, 0.29) is 0 Å². The van der Waals surface area contributed by atoms with Gasteiger partial charge in [0.25, 0.3) is 0 Å². The van der Waals surface area contributed by atoms with Gasteiger partial charge >= 0.3 is 0 Å². The lowest BCUT2D eigenvalue weighted by Crippen LogP contribution is -1.90. The third-order valence-corrected chi connectivity index (χ3v) is 2.25. The summed E-state index contributed by atoms with van der Waals surface area (Å²) in [5.41, 5.74) is 0.466. The molecule has 0 spiro atoms. The highest BCUT2D eigenvalue weighted by Gasteiger charge is 2.37. The van der Waals surface area contributed by atoms with Crippen LogP contribution in [0, 0.1) is 5.41 Å². The third kappa shape index (κ3) is 2.54. The molecule has 0 aliphatic heterocycles. The van der Waals surface area contributed by atoms with Gasteiger partial charge in [-0.25, -0.2) is 0 Å². The highest BCUT2D eigenvalue weighted by molar-refractivity contribution is 5.17. The van der Waals surface area contributed by atoms with E-state index in [0.717, 1.165) is 6.42 Å². The van der Waals surface area contributed by atoms with Crippen LogP contribution in [0.1, 0.15) is 19.3 Å². The van der Waals surface area contributed by atoms with Crippen LogP contribution in [-0.2, 0) is 0 Å². The molecule has 1 aliphatic rings. The first kappa shape index (κ1) is 9.05. The summed E-state index contributed by atoms with van der Waals surface area (Å²) in [7, 11) is 0. The number of allylic oxidation sites excluding steroid dienone is 6. The SMILES string of the molecule is C=C/C=C/C=C/C1(CC=C)CC1. The van der Waals surface area contributed by atoms with Gasteiger partial charge in [-0.1, -0.05) is 43.0 Å². The van der Waals surface area contributed by atoms with Crippen LogP contribution < -0.4 is 0 Å². The molecule has 1 fully saturated rings. The molecule has 1 rings (SSSR count). The average molecular weight is 160 g/mol. The van der Waals surface area contributed by atoms with E-state index in [1.54, 1.807) is 6.08 Å². The van der Waals surface area contributed by atoms with Crippen LogP contribution in [-0.4, -0.2) is 0 Å². The minimum atomic E-state index is 0.466. The van der Waals surface area contributed by atoms with Crippen molar-refractivity contribution in [3.05, 3.63) is 49.6 Å². The molecule has 0 radical (unpaired) electrons. The maximum absolute atomic E-state index is 3.76. The standard InChI is InChI=1S/C12H16/c1-3-5-6-7-9-12(8-4-2)10-11-12/h3-7,9H,1-2,8,10-11H2/b6-5+,9-7+. The average Bonchev–Trinajstić information content (AvgIpc) is 2.81. The molecule has 0 saturated heterocycles. The minimum Gasteiger partial charge on any atom is -0.103 e. The first-order valence-corrected chi connectivity index (χ1v) is 4.41. The minimum absolute atomic E-state index is 0.466. The van der Waals surface area contributed by atoms with Gasteiger partial charge in [0, 0.05) is 0 Å². The van der Waals surface area contributed by atoms with E-state index in [9.17, 15) is 0 Å². The maximum Gasteiger partial charge on any atom is -0.00801 e. The van der Waals surface area contributed by atoms with E-state index >= 15 is 0 Å². The Kier molecular flexibility index (Phi) is 3.09. The lowest BCUT2D eigenvalue weighted by molar-refractivity contribution is 0.667. The summed E-state index contributed by atoms with van der Waals surface area (Å²) >= 11 is 0. The summed E-state index contributed by atoms with van der Waals surface area (Å²) < 4.78 is 0. The number of hydrogen-bond acceptors (Lipinski definition) is 0. The topological polar surface area (TPSA) is 0 Å². The van der Waals surface area contributed by atoms with Gasteiger partial charge in [-0.3, -0.25) is 0 Å². The Bertz CT molecular complexity index is 214. The van der Waals surface area contributed by atoms with Crippen LogP contribution in [0.15, 0.2) is 49.6 Å². The van der Waals surface area contributed by atoms with Crippen molar-refractivity contribution in [2.24, 2.45) is 5.41 Å². The Morgan fingerprint density at radius 1 is 1.08 bits per heavy atom. The lowest BCUT2D eigenvalue weighted by Gasteiger charge is -2.03. The molecule has 0 nitrogen and oxygen atoms in total. The third-order valence-electron chi connectivity index (χ3n) is 2.25. The second kappa shape index (κ2) is 4.10. The summed E-state index contributed by atoms with van der Waals surface area (Å²) in [6.07, 6.45) is 15.9. The molecule has 0 N–H and O–H groups in total. The Morgan fingerprint density at radius 2 is 1.83 bits per heavy atom. The molecule has 64 valence electrons. The first-order chi connectivity index (χ1) is 5.83. The van der Waals surface area contributed by atoms with Gasteiger partial charge in [-0.05, 0) is 24.7 Å². The van der Waals surface area contributed by atoms with Gasteiger partial charge in [-0.15, -0.1) is 6.58 Å². The zero-order valence-corrected chi connectivity index (χ0v) is 7.50. The van der Waals surface area contributed by atoms with Crippen LogP contribution in [0.5, 0.6) is 0 Å². The van der Waals surface area contributed by atoms with Gasteiger partial charge in [0.1, 0.15) is 0 Å². The van der Waals surface area contributed by atoms with Crippen molar-refractivity contribution in [3.8, 4) is 0 Å². The lowest BCUT2D eigenvalue weighted by atomic mass is 10.0.